The third kappa shape index (κ3) is 3.79. The lowest BCUT2D eigenvalue weighted by atomic mass is 9.47. The van der Waals surface area contributed by atoms with Crippen LogP contribution in [0.5, 0.6) is 17.2 Å². The van der Waals surface area contributed by atoms with Crippen LogP contribution in [0.25, 0.3) is 0 Å². The van der Waals surface area contributed by atoms with Crippen LogP contribution >= 0.6 is 0 Å². The van der Waals surface area contributed by atoms with E-state index in [0.29, 0.717) is 41.5 Å². The molecule has 208 valence electrons. The van der Waals surface area contributed by atoms with Gasteiger partial charge in [-0.25, -0.2) is 0 Å². The Hall–Kier alpha value is -2.49. The summed E-state index contributed by atoms with van der Waals surface area (Å²) in [6.07, 6.45) is 10.5. The molecule has 7 atom stereocenters. The molecule has 7 unspecified atom stereocenters. The summed E-state index contributed by atoms with van der Waals surface area (Å²) in [5.41, 5.74) is 2.87. The van der Waals surface area contributed by atoms with Crippen molar-refractivity contribution in [1.82, 2.24) is 4.90 Å². The number of allylic oxidation sites excluding steroid dienone is 1. The number of fused-ring (bicyclic) bond motifs is 7. The van der Waals surface area contributed by atoms with E-state index in [0.717, 1.165) is 62.8 Å². The molecule has 0 bridgehead atoms. The molecule has 0 spiro atoms. The van der Waals surface area contributed by atoms with E-state index >= 15 is 0 Å². The summed E-state index contributed by atoms with van der Waals surface area (Å²) in [5, 5.41) is 12.0. The third-order valence-electron chi connectivity index (χ3n) is 11.6. The molecule has 39 heavy (non-hydrogen) atoms. The molecule has 0 radical (unpaired) electrons. The number of carbonyl (C=O) groups excluding carboxylic acids is 1. The maximum absolute atomic E-state index is 12.2. The number of nitrogens with zero attached hydrogens (tertiary/aromatic N) is 1. The lowest BCUT2D eigenvalue weighted by molar-refractivity contribution is -0.117. The molecule has 2 aliphatic heterocycles. The zero-order valence-corrected chi connectivity index (χ0v) is 23.8. The van der Waals surface area contributed by atoms with Gasteiger partial charge >= 0.3 is 0 Å². The Kier molecular flexibility index (Phi) is 5.72. The molecule has 0 amide bonds. The zero-order valence-electron chi connectivity index (χ0n) is 23.8. The normalized spacial score (nSPS) is 40.4. The summed E-state index contributed by atoms with van der Waals surface area (Å²) in [5.74, 6) is 11.1. The van der Waals surface area contributed by atoms with Gasteiger partial charge in [-0.05, 0) is 105 Å². The predicted octanol–water partition coefficient (Wildman–Crippen LogP) is 5.22. The van der Waals surface area contributed by atoms with Crippen molar-refractivity contribution < 1.29 is 24.1 Å². The highest BCUT2D eigenvalue weighted by molar-refractivity contribution is 5.91. The van der Waals surface area contributed by atoms with Gasteiger partial charge in [-0.3, -0.25) is 9.69 Å². The number of carbonyl (C=O) groups is 1. The lowest BCUT2D eigenvalue weighted by Gasteiger charge is -2.57. The summed E-state index contributed by atoms with van der Waals surface area (Å²) in [6.45, 7) is 5.90. The van der Waals surface area contributed by atoms with Crippen LogP contribution in [0.3, 0.4) is 0 Å². The molecule has 6 nitrogen and oxygen atoms in total. The first-order chi connectivity index (χ1) is 18.6. The summed E-state index contributed by atoms with van der Waals surface area (Å²) in [4.78, 5) is 14.4. The maximum Gasteiger partial charge on any atom is 0.231 e. The molecule has 1 aromatic carbocycles. The molecule has 0 aromatic heterocycles. The van der Waals surface area contributed by atoms with E-state index in [1.165, 1.54) is 17.6 Å². The molecule has 6 aliphatic rings. The largest absolute Gasteiger partial charge is 0.492 e. The summed E-state index contributed by atoms with van der Waals surface area (Å²) in [6, 6.07) is 1.90. The Morgan fingerprint density at radius 1 is 1.13 bits per heavy atom. The molecule has 1 N–H and O–H groups in total. The molecule has 4 aliphatic carbocycles. The van der Waals surface area contributed by atoms with E-state index in [-0.39, 0.29) is 23.7 Å². The van der Waals surface area contributed by atoms with Gasteiger partial charge in [0.2, 0.25) is 12.5 Å². The van der Waals surface area contributed by atoms with Gasteiger partial charge in [0.05, 0.1) is 7.11 Å². The van der Waals surface area contributed by atoms with Crippen molar-refractivity contribution in [2.75, 3.05) is 27.5 Å². The van der Waals surface area contributed by atoms with E-state index in [2.05, 4.69) is 43.7 Å². The second-order valence-electron chi connectivity index (χ2n) is 13.7. The standard InChI is InChI=1S/C33H41NO5/c1-31-11-8-24-23(6-5-21-16-22(35)7-12-32(21,24)2)25(31)17-33(36,18-31)13-9-26-28-20(10-14-34(26)3)15-27-29(30(28)37-4)39-19-38-27/h15-16,23-26,36H,5-8,10-12,14,17-19H2,1-4H3. The van der Waals surface area contributed by atoms with Crippen LogP contribution in [-0.4, -0.2) is 48.9 Å². The molecule has 7 rings (SSSR count). The van der Waals surface area contributed by atoms with Crippen LogP contribution in [0.15, 0.2) is 17.7 Å². The van der Waals surface area contributed by atoms with Crippen molar-refractivity contribution in [3.05, 3.63) is 28.8 Å². The van der Waals surface area contributed by atoms with Crippen molar-refractivity contribution in [3.8, 4) is 29.1 Å². The number of hydrogen-bond acceptors (Lipinski definition) is 6. The first kappa shape index (κ1) is 25.5. The number of methoxy groups -OCH3 is 1. The predicted molar refractivity (Wildman–Crippen MR) is 148 cm³/mol. The second-order valence-corrected chi connectivity index (χ2v) is 13.7. The zero-order chi connectivity index (χ0) is 27.2. The molecule has 0 saturated heterocycles. The average molecular weight is 532 g/mol. The number of aliphatic hydroxyl groups is 1. The molecule has 3 saturated carbocycles. The fourth-order valence-electron chi connectivity index (χ4n) is 9.59. The monoisotopic (exact) mass is 531 g/mol. The van der Waals surface area contributed by atoms with Crippen molar-refractivity contribution >= 4 is 5.78 Å². The van der Waals surface area contributed by atoms with Crippen molar-refractivity contribution in [1.29, 1.82) is 0 Å². The Labute approximate surface area is 232 Å². The van der Waals surface area contributed by atoms with Crippen LogP contribution in [-0.2, 0) is 11.2 Å². The number of likely N-dealkylation sites (N-methyl/N-ethyl adjacent to an activating group) is 1. The van der Waals surface area contributed by atoms with Gasteiger partial charge in [-0.1, -0.05) is 31.3 Å². The van der Waals surface area contributed by atoms with E-state index in [1.807, 2.05) is 6.08 Å². The first-order valence-electron chi connectivity index (χ1n) is 14.8. The fraction of sp³-hybridized carbons (Fsp3) is 0.667. The fourth-order valence-corrected chi connectivity index (χ4v) is 9.59. The van der Waals surface area contributed by atoms with Gasteiger partial charge in [0.25, 0.3) is 0 Å². The van der Waals surface area contributed by atoms with Crippen LogP contribution in [0.1, 0.15) is 82.4 Å². The van der Waals surface area contributed by atoms with E-state index in [1.54, 1.807) is 7.11 Å². The van der Waals surface area contributed by atoms with Gasteiger partial charge in [0.15, 0.2) is 17.3 Å². The lowest BCUT2D eigenvalue weighted by Crippen LogP contribution is -2.49. The third-order valence-corrected chi connectivity index (χ3v) is 11.6. The van der Waals surface area contributed by atoms with Crippen LogP contribution < -0.4 is 14.2 Å². The SMILES string of the molecule is COc1c2c(cc3c1C(C#CC1(O)CC4C5CCC6=CC(=O)CCC6(C)C5CCC4(C)C1)N(C)CC3)OCO2. The molecule has 1 aromatic rings. The van der Waals surface area contributed by atoms with Crippen molar-refractivity contribution in [2.45, 2.75) is 83.3 Å². The maximum atomic E-state index is 12.2. The first-order valence-corrected chi connectivity index (χ1v) is 14.8. The second kappa shape index (κ2) is 8.75. The minimum absolute atomic E-state index is 0.104. The van der Waals surface area contributed by atoms with Gasteiger partial charge in [0.1, 0.15) is 11.6 Å². The summed E-state index contributed by atoms with van der Waals surface area (Å²) in [7, 11) is 3.77. The Bertz CT molecular complexity index is 1320. The summed E-state index contributed by atoms with van der Waals surface area (Å²) >= 11 is 0. The van der Waals surface area contributed by atoms with Crippen LogP contribution in [0, 0.1) is 40.4 Å². The minimum Gasteiger partial charge on any atom is -0.492 e. The number of ketones is 1. The van der Waals surface area contributed by atoms with E-state index in [4.69, 9.17) is 14.2 Å². The molecule has 3 fully saturated rings. The van der Waals surface area contributed by atoms with E-state index in [9.17, 15) is 9.90 Å². The Morgan fingerprint density at radius 3 is 2.79 bits per heavy atom. The number of hydrogen-bond donors (Lipinski definition) is 1. The van der Waals surface area contributed by atoms with Gasteiger partial charge in [-0.2, -0.15) is 0 Å². The molecular formula is C33H41NO5. The van der Waals surface area contributed by atoms with Gasteiger partial charge < -0.3 is 19.3 Å². The van der Waals surface area contributed by atoms with Crippen molar-refractivity contribution in [2.24, 2.45) is 28.6 Å². The summed E-state index contributed by atoms with van der Waals surface area (Å²) < 4.78 is 17.3. The topological polar surface area (TPSA) is 68.2 Å². The molecule has 6 heteroatoms. The quantitative estimate of drug-likeness (QED) is 0.502. The van der Waals surface area contributed by atoms with E-state index < -0.39 is 5.60 Å². The molecular weight excluding hydrogens is 490 g/mol. The van der Waals surface area contributed by atoms with Gasteiger partial charge in [-0.15, -0.1) is 0 Å². The van der Waals surface area contributed by atoms with Crippen LogP contribution in [0.4, 0.5) is 0 Å². The highest BCUT2D eigenvalue weighted by atomic mass is 16.7. The Balaban J connectivity index is 1.19. The highest BCUT2D eigenvalue weighted by Crippen LogP contribution is 2.66. The minimum atomic E-state index is -0.990. The van der Waals surface area contributed by atoms with Crippen molar-refractivity contribution in [3.63, 3.8) is 0 Å². The highest BCUT2D eigenvalue weighted by Gasteiger charge is 2.60. The number of benzene rings is 1. The number of ether oxygens (including phenoxy) is 3. The number of rotatable bonds is 1. The van der Waals surface area contributed by atoms with Crippen LogP contribution in [0.2, 0.25) is 0 Å². The Morgan fingerprint density at radius 2 is 1.97 bits per heavy atom. The molecule has 2 heterocycles. The average Bonchev–Trinajstić information content (AvgIpc) is 3.48. The smallest absolute Gasteiger partial charge is 0.231 e. The van der Waals surface area contributed by atoms with Gasteiger partial charge in [0, 0.05) is 18.5 Å².